The van der Waals surface area contributed by atoms with Crippen LogP contribution in [0.5, 0.6) is 0 Å². The van der Waals surface area contributed by atoms with Crippen molar-refractivity contribution >= 4 is 15.8 Å². The van der Waals surface area contributed by atoms with E-state index in [1.54, 1.807) is 0 Å². The number of aromatic nitrogens is 2. The van der Waals surface area contributed by atoms with Crippen molar-refractivity contribution in [2.45, 2.75) is 0 Å². The van der Waals surface area contributed by atoms with Crippen molar-refractivity contribution in [1.82, 2.24) is 13.9 Å². The van der Waals surface area contributed by atoms with Gasteiger partial charge >= 0.3 is 0 Å². The van der Waals surface area contributed by atoms with Gasteiger partial charge in [-0.15, -0.1) is 0 Å². The highest BCUT2D eigenvalue weighted by Gasteiger charge is 2.29. The summed E-state index contributed by atoms with van der Waals surface area (Å²) in [5.74, 6) is -3.23. The van der Waals surface area contributed by atoms with Crippen molar-refractivity contribution in [2.75, 3.05) is 32.1 Å². The van der Waals surface area contributed by atoms with E-state index >= 15 is 0 Å². The molecule has 0 saturated carbocycles. The fourth-order valence-corrected chi connectivity index (χ4v) is 4.07. The highest BCUT2D eigenvalue weighted by molar-refractivity contribution is 7.89. The summed E-state index contributed by atoms with van der Waals surface area (Å²) < 4.78 is 60.1. The van der Waals surface area contributed by atoms with Crippen molar-refractivity contribution in [3.63, 3.8) is 0 Å². The first kappa shape index (κ1) is 18.6. The van der Waals surface area contributed by atoms with Gasteiger partial charge in [-0.3, -0.25) is 4.79 Å². The number of benzene rings is 1. The molecule has 0 bridgehead atoms. The van der Waals surface area contributed by atoms with Gasteiger partial charge in [0.05, 0.1) is 18.8 Å². The number of imidazole rings is 1. The summed E-state index contributed by atoms with van der Waals surface area (Å²) in [7, 11) is -2.34. The van der Waals surface area contributed by atoms with E-state index in [2.05, 4.69) is 4.98 Å². The number of ether oxygens (including phenoxy) is 1. The third-order valence-corrected chi connectivity index (χ3v) is 5.80. The third-order valence-electron chi connectivity index (χ3n) is 4.03. The fraction of sp³-hybridized carbons (Fsp3) is 0.375. The number of hydrogen-bond acceptors (Lipinski definition) is 5. The van der Waals surface area contributed by atoms with Gasteiger partial charge in [0.15, 0.2) is 5.78 Å². The molecule has 1 fully saturated rings. The molecule has 1 aliphatic rings. The average molecular weight is 385 g/mol. The fourth-order valence-electron chi connectivity index (χ4n) is 2.70. The second-order valence-electron chi connectivity index (χ2n) is 5.85. The molecule has 7 nitrogen and oxygen atoms in total. The Kier molecular flexibility index (Phi) is 5.17. The number of carbonyl (C=O) groups excluding carboxylic acids is 1. The molecule has 1 aromatic heterocycles. The highest BCUT2D eigenvalue weighted by atomic mass is 32.2. The van der Waals surface area contributed by atoms with Crippen LogP contribution in [0.15, 0.2) is 24.4 Å². The van der Waals surface area contributed by atoms with Crippen molar-refractivity contribution in [2.24, 2.45) is 7.05 Å². The lowest BCUT2D eigenvalue weighted by molar-refractivity contribution is 0.0727. The van der Waals surface area contributed by atoms with Crippen LogP contribution in [0.25, 0.3) is 11.4 Å². The molecular weight excluding hydrogens is 368 g/mol. The SMILES string of the molecule is Cn1cc(C(=O)CS(=O)(=O)N2CCOCC2)nc1-c1c(F)cccc1F. The molecule has 2 aromatic rings. The molecule has 0 aliphatic carbocycles. The minimum Gasteiger partial charge on any atom is -0.379 e. The van der Waals surface area contributed by atoms with E-state index in [9.17, 15) is 22.0 Å². The van der Waals surface area contributed by atoms with Gasteiger partial charge in [-0.05, 0) is 12.1 Å². The lowest BCUT2D eigenvalue weighted by atomic mass is 10.2. The molecule has 26 heavy (non-hydrogen) atoms. The van der Waals surface area contributed by atoms with Crippen LogP contribution in [0.4, 0.5) is 8.78 Å². The molecule has 0 spiro atoms. The first-order valence-electron chi connectivity index (χ1n) is 7.86. The Hall–Kier alpha value is -2.17. The standard InChI is InChI=1S/C16H17F2N3O4S/c1-20-9-13(19-16(20)15-11(17)3-2-4-12(15)18)14(22)10-26(23,24)21-5-7-25-8-6-21/h2-4,9H,5-8,10H2,1H3. The number of Topliss-reactive ketones (excluding diaryl/α,β-unsaturated/α-hetero) is 1. The zero-order valence-corrected chi connectivity index (χ0v) is 14.8. The maximum Gasteiger partial charge on any atom is 0.221 e. The molecule has 1 aliphatic heterocycles. The zero-order valence-electron chi connectivity index (χ0n) is 14.0. The van der Waals surface area contributed by atoms with E-state index in [0.717, 1.165) is 12.1 Å². The van der Waals surface area contributed by atoms with E-state index in [1.807, 2.05) is 0 Å². The molecule has 1 saturated heterocycles. The molecule has 0 atom stereocenters. The molecular formula is C16H17F2N3O4S. The predicted molar refractivity (Wildman–Crippen MR) is 89.1 cm³/mol. The van der Waals surface area contributed by atoms with E-state index in [-0.39, 0.29) is 43.4 Å². The Bertz CT molecular complexity index is 917. The third kappa shape index (κ3) is 3.67. The van der Waals surface area contributed by atoms with Crippen LogP contribution in [0.2, 0.25) is 0 Å². The van der Waals surface area contributed by atoms with Crippen LogP contribution in [-0.2, 0) is 21.8 Å². The molecule has 2 heterocycles. The van der Waals surface area contributed by atoms with Gasteiger partial charge in [-0.2, -0.15) is 4.31 Å². The zero-order chi connectivity index (χ0) is 18.9. The molecule has 3 rings (SSSR count). The largest absolute Gasteiger partial charge is 0.379 e. The lowest BCUT2D eigenvalue weighted by Crippen LogP contribution is -2.43. The van der Waals surface area contributed by atoms with Crippen LogP contribution in [0.1, 0.15) is 10.5 Å². The number of aryl methyl sites for hydroxylation is 1. The molecule has 1 aromatic carbocycles. The topological polar surface area (TPSA) is 81.5 Å². The maximum absolute atomic E-state index is 13.9. The second kappa shape index (κ2) is 7.22. The molecule has 0 N–H and O–H groups in total. The maximum atomic E-state index is 13.9. The van der Waals surface area contributed by atoms with E-state index in [1.165, 1.54) is 28.2 Å². The summed E-state index contributed by atoms with van der Waals surface area (Å²) in [6, 6.07) is 3.38. The molecule has 0 unspecified atom stereocenters. The Morgan fingerprint density at radius 3 is 2.46 bits per heavy atom. The number of hydrogen-bond donors (Lipinski definition) is 0. The monoisotopic (exact) mass is 385 g/mol. The summed E-state index contributed by atoms with van der Waals surface area (Å²) in [5, 5.41) is 0. The van der Waals surface area contributed by atoms with Crippen LogP contribution in [0.3, 0.4) is 0 Å². The second-order valence-corrected chi connectivity index (χ2v) is 7.82. The van der Waals surface area contributed by atoms with E-state index < -0.39 is 33.2 Å². The minimum atomic E-state index is -3.81. The van der Waals surface area contributed by atoms with Crippen LogP contribution in [-0.4, -0.2) is 60.1 Å². The number of halogens is 2. The molecule has 10 heteroatoms. The summed E-state index contributed by atoms with van der Waals surface area (Å²) in [4.78, 5) is 16.3. The van der Waals surface area contributed by atoms with E-state index in [0.29, 0.717) is 0 Å². The number of carbonyl (C=O) groups is 1. The van der Waals surface area contributed by atoms with E-state index in [4.69, 9.17) is 4.74 Å². The quantitative estimate of drug-likeness (QED) is 0.723. The summed E-state index contributed by atoms with van der Waals surface area (Å²) in [6.45, 7) is 0.911. The average Bonchev–Trinajstić information content (AvgIpc) is 2.97. The van der Waals surface area contributed by atoms with Gasteiger partial charge in [0.25, 0.3) is 0 Å². The number of sulfonamides is 1. The number of rotatable bonds is 5. The summed E-state index contributed by atoms with van der Waals surface area (Å²) in [5.41, 5.74) is -0.535. The normalized spacial score (nSPS) is 16.0. The van der Waals surface area contributed by atoms with Gasteiger partial charge in [-0.25, -0.2) is 22.2 Å². The Labute approximate surface area is 149 Å². The van der Waals surface area contributed by atoms with Gasteiger partial charge < -0.3 is 9.30 Å². The minimum absolute atomic E-state index is 0.0901. The molecule has 0 amide bonds. The first-order chi connectivity index (χ1) is 12.3. The Balaban J connectivity index is 1.86. The highest BCUT2D eigenvalue weighted by Crippen LogP contribution is 2.25. The summed E-state index contributed by atoms with van der Waals surface area (Å²) >= 11 is 0. The van der Waals surface area contributed by atoms with Crippen LogP contribution >= 0.6 is 0 Å². The van der Waals surface area contributed by atoms with Crippen LogP contribution < -0.4 is 0 Å². The van der Waals surface area contributed by atoms with Gasteiger partial charge in [0.2, 0.25) is 10.0 Å². The van der Waals surface area contributed by atoms with Crippen molar-refractivity contribution < 1.29 is 26.7 Å². The molecule has 0 radical (unpaired) electrons. The summed E-state index contributed by atoms with van der Waals surface area (Å²) in [6.07, 6.45) is 1.26. The number of ketones is 1. The lowest BCUT2D eigenvalue weighted by Gasteiger charge is -2.25. The molecule has 140 valence electrons. The number of nitrogens with zero attached hydrogens (tertiary/aromatic N) is 3. The van der Waals surface area contributed by atoms with Gasteiger partial charge in [-0.1, -0.05) is 6.07 Å². The van der Waals surface area contributed by atoms with Crippen molar-refractivity contribution in [3.05, 3.63) is 41.7 Å². The van der Waals surface area contributed by atoms with Gasteiger partial charge in [0.1, 0.15) is 28.9 Å². The first-order valence-corrected chi connectivity index (χ1v) is 9.47. The van der Waals surface area contributed by atoms with Crippen molar-refractivity contribution in [3.8, 4) is 11.4 Å². The van der Waals surface area contributed by atoms with Crippen molar-refractivity contribution in [1.29, 1.82) is 0 Å². The smallest absolute Gasteiger partial charge is 0.221 e. The predicted octanol–water partition coefficient (Wildman–Crippen LogP) is 1.21. The Morgan fingerprint density at radius 2 is 1.85 bits per heavy atom. The Morgan fingerprint density at radius 1 is 1.23 bits per heavy atom. The van der Waals surface area contributed by atoms with Gasteiger partial charge in [0, 0.05) is 26.3 Å². The van der Waals surface area contributed by atoms with Crippen LogP contribution in [0, 0.1) is 11.6 Å². The number of morpholine rings is 1.